The molecule has 4 rings (SSSR count). The SMILES string of the molecule is OC1(c2cccc3ccccc23)CCN2CCC1C2. The first-order chi connectivity index (χ1) is 9.27. The van der Waals surface area contributed by atoms with Gasteiger partial charge in [0.25, 0.3) is 0 Å². The zero-order valence-corrected chi connectivity index (χ0v) is 11.0. The average Bonchev–Trinajstić information content (AvgIpc) is 2.88. The number of rotatable bonds is 1. The van der Waals surface area contributed by atoms with Crippen molar-refractivity contribution in [2.45, 2.75) is 18.4 Å². The topological polar surface area (TPSA) is 23.5 Å². The fourth-order valence-electron chi connectivity index (χ4n) is 3.92. The number of benzene rings is 2. The summed E-state index contributed by atoms with van der Waals surface area (Å²) in [6, 6.07) is 14.7. The molecule has 3 atom stereocenters. The Morgan fingerprint density at radius 1 is 1.05 bits per heavy atom. The Labute approximate surface area is 113 Å². The van der Waals surface area contributed by atoms with Gasteiger partial charge in [-0.2, -0.15) is 0 Å². The van der Waals surface area contributed by atoms with Gasteiger partial charge in [0.1, 0.15) is 0 Å². The fraction of sp³-hybridized carbons (Fsp3) is 0.412. The van der Waals surface area contributed by atoms with E-state index in [1.807, 2.05) is 0 Å². The summed E-state index contributed by atoms with van der Waals surface area (Å²) in [6.45, 7) is 3.23. The predicted molar refractivity (Wildman–Crippen MR) is 77.0 cm³/mol. The molecular weight excluding hydrogens is 234 g/mol. The minimum Gasteiger partial charge on any atom is -0.385 e. The summed E-state index contributed by atoms with van der Waals surface area (Å²) < 4.78 is 0. The van der Waals surface area contributed by atoms with Gasteiger partial charge >= 0.3 is 0 Å². The van der Waals surface area contributed by atoms with Crippen molar-refractivity contribution in [1.29, 1.82) is 0 Å². The van der Waals surface area contributed by atoms with E-state index < -0.39 is 5.60 Å². The van der Waals surface area contributed by atoms with E-state index in [2.05, 4.69) is 47.4 Å². The molecule has 2 aliphatic rings. The van der Waals surface area contributed by atoms with Crippen LogP contribution in [0.5, 0.6) is 0 Å². The third-order valence-corrected chi connectivity index (χ3v) is 5.01. The van der Waals surface area contributed by atoms with E-state index in [-0.39, 0.29) is 0 Å². The molecule has 2 aromatic rings. The molecule has 0 aromatic heterocycles. The van der Waals surface area contributed by atoms with Crippen LogP contribution in [0.1, 0.15) is 18.4 Å². The van der Waals surface area contributed by atoms with E-state index in [0.717, 1.165) is 38.0 Å². The number of piperidine rings is 1. The van der Waals surface area contributed by atoms with E-state index in [9.17, 15) is 5.11 Å². The standard InChI is InChI=1S/C17H19NO/c19-17(9-11-18-10-8-14(17)12-18)16-7-3-5-13-4-1-2-6-15(13)16/h1-7,14,19H,8-12H2. The van der Waals surface area contributed by atoms with Crippen LogP contribution in [0.15, 0.2) is 42.5 Å². The average molecular weight is 253 g/mol. The fourth-order valence-corrected chi connectivity index (χ4v) is 3.92. The van der Waals surface area contributed by atoms with Crippen LogP contribution in [0.25, 0.3) is 10.8 Å². The first kappa shape index (κ1) is 11.4. The van der Waals surface area contributed by atoms with Crippen molar-refractivity contribution in [1.82, 2.24) is 4.90 Å². The van der Waals surface area contributed by atoms with Gasteiger partial charge in [-0.25, -0.2) is 0 Å². The van der Waals surface area contributed by atoms with Crippen LogP contribution in [0.4, 0.5) is 0 Å². The van der Waals surface area contributed by atoms with Gasteiger partial charge in [-0.15, -0.1) is 0 Å². The second-order valence-corrected chi connectivity index (χ2v) is 5.99. The van der Waals surface area contributed by atoms with Gasteiger partial charge in [0.2, 0.25) is 0 Å². The van der Waals surface area contributed by atoms with Crippen LogP contribution >= 0.6 is 0 Å². The maximum absolute atomic E-state index is 11.3. The lowest BCUT2D eigenvalue weighted by atomic mass is 9.75. The monoisotopic (exact) mass is 253 g/mol. The summed E-state index contributed by atoms with van der Waals surface area (Å²) in [5.41, 5.74) is 0.505. The molecule has 2 fully saturated rings. The number of nitrogens with zero attached hydrogens (tertiary/aromatic N) is 1. The lowest BCUT2D eigenvalue weighted by molar-refractivity contribution is -0.0490. The highest BCUT2D eigenvalue weighted by Crippen LogP contribution is 2.44. The van der Waals surface area contributed by atoms with Gasteiger partial charge < -0.3 is 10.0 Å². The van der Waals surface area contributed by atoms with Crippen LogP contribution in [0.3, 0.4) is 0 Å². The lowest BCUT2D eigenvalue weighted by Crippen LogP contribution is -2.44. The molecule has 0 aliphatic carbocycles. The molecule has 0 radical (unpaired) electrons. The first-order valence-electron chi connectivity index (χ1n) is 7.20. The van der Waals surface area contributed by atoms with E-state index in [1.54, 1.807) is 0 Å². The Hall–Kier alpha value is -1.38. The molecule has 2 aliphatic heterocycles. The molecule has 98 valence electrons. The van der Waals surface area contributed by atoms with Crippen molar-refractivity contribution in [2.24, 2.45) is 5.92 Å². The summed E-state index contributed by atoms with van der Waals surface area (Å²) in [7, 11) is 0. The Kier molecular flexibility index (Phi) is 2.44. The van der Waals surface area contributed by atoms with Crippen molar-refractivity contribution < 1.29 is 5.11 Å². The minimum atomic E-state index is -0.631. The molecule has 2 aromatic carbocycles. The maximum Gasteiger partial charge on any atom is 0.0955 e. The van der Waals surface area contributed by atoms with Crippen molar-refractivity contribution >= 4 is 10.8 Å². The normalized spacial score (nSPS) is 33.7. The van der Waals surface area contributed by atoms with Crippen LogP contribution in [-0.4, -0.2) is 29.6 Å². The highest BCUT2D eigenvalue weighted by atomic mass is 16.3. The van der Waals surface area contributed by atoms with Crippen LogP contribution in [-0.2, 0) is 5.60 Å². The van der Waals surface area contributed by atoms with E-state index in [4.69, 9.17) is 0 Å². The Bertz CT molecular complexity index is 618. The van der Waals surface area contributed by atoms with Crippen molar-refractivity contribution in [2.75, 3.05) is 19.6 Å². The molecule has 2 heterocycles. The summed E-state index contributed by atoms with van der Waals surface area (Å²) in [5.74, 6) is 0.395. The van der Waals surface area contributed by atoms with Crippen molar-refractivity contribution in [3.63, 3.8) is 0 Å². The number of aliphatic hydroxyl groups is 1. The summed E-state index contributed by atoms with van der Waals surface area (Å²) in [5, 5.41) is 13.7. The molecule has 3 unspecified atom stereocenters. The lowest BCUT2D eigenvalue weighted by Gasteiger charge is -2.39. The van der Waals surface area contributed by atoms with Gasteiger partial charge in [0.15, 0.2) is 0 Å². The minimum absolute atomic E-state index is 0.395. The van der Waals surface area contributed by atoms with Crippen molar-refractivity contribution in [3.05, 3.63) is 48.0 Å². The summed E-state index contributed by atoms with van der Waals surface area (Å²) in [6.07, 6.45) is 1.99. The van der Waals surface area contributed by atoms with Crippen molar-refractivity contribution in [3.8, 4) is 0 Å². The van der Waals surface area contributed by atoms with Crippen LogP contribution < -0.4 is 0 Å². The first-order valence-corrected chi connectivity index (χ1v) is 7.20. The molecule has 0 amide bonds. The van der Waals surface area contributed by atoms with Gasteiger partial charge in [-0.3, -0.25) is 0 Å². The number of hydrogen-bond donors (Lipinski definition) is 1. The molecule has 2 saturated heterocycles. The molecule has 2 nitrogen and oxygen atoms in total. The molecule has 1 N–H and O–H groups in total. The molecule has 0 spiro atoms. The summed E-state index contributed by atoms with van der Waals surface area (Å²) >= 11 is 0. The number of fused-ring (bicyclic) bond motifs is 3. The van der Waals surface area contributed by atoms with E-state index >= 15 is 0 Å². The predicted octanol–water partition coefficient (Wildman–Crippen LogP) is 2.75. The van der Waals surface area contributed by atoms with Gasteiger partial charge in [0, 0.05) is 19.0 Å². The van der Waals surface area contributed by atoms with Crippen LogP contribution in [0, 0.1) is 5.92 Å². The molecular formula is C17H19NO. The second-order valence-electron chi connectivity index (χ2n) is 5.99. The number of hydrogen-bond acceptors (Lipinski definition) is 2. The van der Waals surface area contributed by atoms with Gasteiger partial charge in [-0.05, 0) is 35.7 Å². The molecule has 2 heteroatoms. The maximum atomic E-state index is 11.3. The van der Waals surface area contributed by atoms with Crippen LogP contribution in [0.2, 0.25) is 0 Å². The zero-order valence-electron chi connectivity index (χ0n) is 11.0. The third-order valence-electron chi connectivity index (χ3n) is 5.01. The van der Waals surface area contributed by atoms with Gasteiger partial charge in [0.05, 0.1) is 5.60 Å². The molecule has 0 saturated carbocycles. The zero-order chi connectivity index (χ0) is 12.9. The third kappa shape index (κ3) is 1.63. The smallest absolute Gasteiger partial charge is 0.0955 e. The molecule has 19 heavy (non-hydrogen) atoms. The summed E-state index contributed by atoms with van der Waals surface area (Å²) in [4.78, 5) is 2.48. The van der Waals surface area contributed by atoms with Gasteiger partial charge in [-0.1, -0.05) is 42.5 Å². The Morgan fingerprint density at radius 3 is 2.84 bits per heavy atom. The Balaban J connectivity index is 1.89. The Morgan fingerprint density at radius 2 is 1.89 bits per heavy atom. The molecule has 2 bridgehead atoms. The van der Waals surface area contributed by atoms with E-state index in [1.165, 1.54) is 10.8 Å². The highest BCUT2D eigenvalue weighted by molar-refractivity contribution is 5.86. The van der Waals surface area contributed by atoms with E-state index in [0.29, 0.717) is 5.92 Å². The largest absolute Gasteiger partial charge is 0.385 e. The quantitative estimate of drug-likeness (QED) is 0.844. The second kappa shape index (κ2) is 4.06. The highest BCUT2D eigenvalue weighted by Gasteiger charge is 2.46.